The minimum Gasteiger partial charge on any atom is -0.495 e. The normalized spacial score (nSPS) is 10.6. The second-order valence-electron chi connectivity index (χ2n) is 2.92. The Morgan fingerprint density at radius 3 is 2.82 bits per heavy atom. The molecule has 88 valence electrons. The van der Waals surface area contributed by atoms with Gasteiger partial charge in [0.15, 0.2) is 0 Å². The van der Waals surface area contributed by atoms with Crippen molar-refractivity contribution in [1.82, 2.24) is 0 Å². The molecule has 7 heteroatoms. The highest BCUT2D eigenvalue weighted by Crippen LogP contribution is 2.26. The van der Waals surface area contributed by atoms with Gasteiger partial charge in [0.25, 0.3) is 0 Å². The minimum atomic E-state index is -1.31. The number of hydrogen-bond acceptors (Lipinski definition) is 3. The van der Waals surface area contributed by atoms with Gasteiger partial charge in [-0.05, 0) is 29.3 Å². The summed E-state index contributed by atoms with van der Waals surface area (Å²) in [6, 6.07) is 4.69. The van der Waals surface area contributed by atoms with Crippen molar-refractivity contribution in [3.8, 4) is 5.75 Å². The Kier molecular flexibility index (Phi) is 4.39. The van der Waals surface area contributed by atoms with Gasteiger partial charge >= 0.3 is 5.97 Å². The van der Waals surface area contributed by atoms with Crippen molar-refractivity contribution in [1.29, 1.82) is 0 Å². The first-order valence-electron chi connectivity index (χ1n) is 4.42. The summed E-state index contributed by atoms with van der Waals surface area (Å²) in [7, 11) is 1.47. The molecular formula is C10H8ClN3O3. The van der Waals surface area contributed by atoms with E-state index in [1.807, 2.05) is 0 Å². The van der Waals surface area contributed by atoms with E-state index in [2.05, 4.69) is 10.0 Å². The van der Waals surface area contributed by atoms with Gasteiger partial charge in [0.05, 0.1) is 12.1 Å². The lowest BCUT2D eigenvalue weighted by atomic mass is 10.2. The van der Waals surface area contributed by atoms with Crippen molar-refractivity contribution in [3.05, 3.63) is 44.9 Å². The summed E-state index contributed by atoms with van der Waals surface area (Å²) < 4.78 is 4.95. The van der Waals surface area contributed by atoms with E-state index >= 15 is 0 Å². The van der Waals surface area contributed by atoms with Crippen LogP contribution in [-0.2, 0) is 4.79 Å². The van der Waals surface area contributed by atoms with Gasteiger partial charge in [-0.25, -0.2) is 4.79 Å². The SMILES string of the molecule is COc1ccc(C=C(N=[N+]=[N-])C(=O)O)cc1Cl. The van der Waals surface area contributed by atoms with E-state index in [0.717, 1.165) is 0 Å². The summed E-state index contributed by atoms with van der Waals surface area (Å²) in [6.45, 7) is 0. The molecule has 0 saturated carbocycles. The predicted octanol–water partition coefficient (Wildman–Crippen LogP) is 3.08. The van der Waals surface area contributed by atoms with Crippen LogP contribution in [0.25, 0.3) is 16.5 Å². The van der Waals surface area contributed by atoms with Crippen LogP contribution in [0, 0.1) is 0 Å². The summed E-state index contributed by atoms with van der Waals surface area (Å²) in [5.74, 6) is -0.834. The Morgan fingerprint density at radius 1 is 1.65 bits per heavy atom. The van der Waals surface area contributed by atoms with Gasteiger partial charge in [-0.15, -0.1) is 0 Å². The molecular weight excluding hydrogens is 246 g/mol. The zero-order valence-electron chi connectivity index (χ0n) is 8.79. The second kappa shape index (κ2) is 5.79. The van der Waals surface area contributed by atoms with Gasteiger partial charge in [-0.3, -0.25) is 0 Å². The van der Waals surface area contributed by atoms with E-state index in [1.54, 1.807) is 12.1 Å². The third-order valence-electron chi connectivity index (χ3n) is 1.85. The third-order valence-corrected chi connectivity index (χ3v) is 2.15. The largest absolute Gasteiger partial charge is 0.495 e. The van der Waals surface area contributed by atoms with Crippen molar-refractivity contribution in [2.75, 3.05) is 7.11 Å². The van der Waals surface area contributed by atoms with Gasteiger partial charge in [0.2, 0.25) is 0 Å². The van der Waals surface area contributed by atoms with E-state index < -0.39 is 11.7 Å². The fourth-order valence-electron chi connectivity index (χ4n) is 1.11. The number of azide groups is 1. The Morgan fingerprint density at radius 2 is 2.35 bits per heavy atom. The Hall–Kier alpha value is -2.17. The van der Waals surface area contributed by atoms with Crippen LogP contribution in [0.5, 0.6) is 5.75 Å². The van der Waals surface area contributed by atoms with Crippen LogP contribution in [0.15, 0.2) is 29.0 Å². The lowest BCUT2D eigenvalue weighted by molar-refractivity contribution is -0.132. The van der Waals surface area contributed by atoms with Gasteiger partial charge in [-0.2, -0.15) is 0 Å². The van der Waals surface area contributed by atoms with Crippen LogP contribution < -0.4 is 4.74 Å². The molecule has 0 heterocycles. The number of halogens is 1. The molecule has 0 unspecified atom stereocenters. The highest BCUT2D eigenvalue weighted by atomic mass is 35.5. The first-order chi connectivity index (χ1) is 8.08. The van der Waals surface area contributed by atoms with Gasteiger partial charge in [-0.1, -0.05) is 22.8 Å². The fourth-order valence-corrected chi connectivity index (χ4v) is 1.38. The van der Waals surface area contributed by atoms with E-state index in [0.29, 0.717) is 16.3 Å². The van der Waals surface area contributed by atoms with Gasteiger partial charge in [0.1, 0.15) is 11.4 Å². The second-order valence-corrected chi connectivity index (χ2v) is 3.33. The number of hydrogen-bond donors (Lipinski definition) is 1. The average molecular weight is 254 g/mol. The summed E-state index contributed by atoms with van der Waals surface area (Å²) in [4.78, 5) is 13.1. The van der Waals surface area contributed by atoms with Gasteiger partial charge < -0.3 is 9.84 Å². The Bertz CT molecular complexity index is 518. The molecule has 0 bridgehead atoms. The lowest BCUT2D eigenvalue weighted by Crippen LogP contribution is -1.96. The molecule has 0 aliphatic heterocycles. The number of carboxylic acid groups (broad SMARTS) is 1. The van der Waals surface area contributed by atoms with Crippen molar-refractivity contribution in [3.63, 3.8) is 0 Å². The highest BCUT2D eigenvalue weighted by molar-refractivity contribution is 6.32. The van der Waals surface area contributed by atoms with Crippen LogP contribution in [0.1, 0.15) is 5.56 Å². The molecule has 0 aliphatic carbocycles. The van der Waals surface area contributed by atoms with Crippen LogP contribution in [0.2, 0.25) is 5.02 Å². The van der Waals surface area contributed by atoms with Crippen molar-refractivity contribution >= 4 is 23.6 Å². The quantitative estimate of drug-likeness (QED) is 0.386. The standard InChI is InChI=1S/C10H8ClN3O3/c1-17-9-3-2-6(4-7(9)11)5-8(10(15)16)13-14-12/h2-5H,1H3,(H,15,16). The molecule has 17 heavy (non-hydrogen) atoms. The van der Waals surface area contributed by atoms with E-state index in [-0.39, 0.29) is 0 Å². The molecule has 1 N–H and O–H groups in total. The molecule has 0 spiro atoms. The molecule has 1 rings (SSSR count). The number of methoxy groups -OCH3 is 1. The lowest BCUT2D eigenvalue weighted by Gasteiger charge is -2.03. The summed E-state index contributed by atoms with van der Waals surface area (Å²) >= 11 is 5.86. The molecule has 1 aromatic rings. The molecule has 0 aliphatic rings. The van der Waals surface area contributed by atoms with Crippen molar-refractivity contribution < 1.29 is 14.6 Å². The highest BCUT2D eigenvalue weighted by Gasteiger charge is 2.06. The molecule has 0 fully saturated rings. The predicted molar refractivity (Wildman–Crippen MR) is 62.8 cm³/mol. The maximum atomic E-state index is 10.7. The van der Waals surface area contributed by atoms with Crippen molar-refractivity contribution in [2.24, 2.45) is 5.11 Å². The number of rotatable bonds is 4. The Balaban J connectivity index is 3.16. The smallest absolute Gasteiger partial charge is 0.338 e. The van der Waals surface area contributed by atoms with Crippen LogP contribution in [0.4, 0.5) is 0 Å². The maximum Gasteiger partial charge on any atom is 0.338 e. The third kappa shape index (κ3) is 3.41. The van der Waals surface area contributed by atoms with E-state index in [4.69, 9.17) is 27.0 Å². The first-order valence-corrected chi connectivity index (χ1v) is 4.80. The molecule has 1 aromatic carbocycles. The van der Waals surface area contributed by atoms with Crippen LogP contribution in [-0.4, -0.2) is 18.2 Å². The van der Waals surface area contributed by atoms with E-state index in [1.165, 1.54) is 19.3 Å². The average Bonchev–Trinajstić information content (AvgIpc) is 2.28. The topological polar surface area (TPSA) is 95.3 Å². The van der Waals surface area contributed by atoms with E-state index in [9.17, 15) is 4.79 Å². The fraction of sp³-hybridized carbons (Fsp3) is 0.100. The maximum absolute atomic E-state index is 10.7. The number of nitrogens with zero attached hydrogens (tertiary/aromatic N) is 3. The summed E-state index contributed by atoms with van der Waals surface area (Å²) in [6.07, 6.45) is 1.22. The zero-order chi connectivity index (χ0) is 12.8. The monoisotopic (exact) mass is 253 g/mol. The molecule has 0 aromatic heterocycles. The van der Waals surface area contributed by atoms with Gasteiger partial charge in [0, 0.05) is 4.91 Å². The number of carbonyl (C=O) groups is 1. The summed E-state index contributed by atoms with van der Waals surface area (Å²) in [5, 5.41) is 12.1. The molecule has 6 nitrogen and oxygen atoms in total. The number of aliphatic carboxylic acids is 1. The Labute approximate surface area is 102 Å². The molecule has 0 atom stereocenters. The molecule has 0 amide bonds. The molecule has 0 radical (unpaired) electrons. The first kappa shape index (κ1) is 12.9. The van der Waals surface area contributed by atoms with Crippen LogP contribution in [0.3, 0.4) is 0 Å². The zero-order valence-corrected chi connectivity index (χ0v) is 9.55. The summed E-state index contributed by atoms with van der Waals surface area (Å²) in [5.41, 5.74) is 8.30. The minimum absolute atomic E-state index is 0.340. The van der Waals surface area contributed by atoms with Crippen molar-refractivity contribution in [2.45, 2.75) is 0 Å². The number of carboxylic acids is 1. The molecule has 0 saturated heterocycles. The number of ether oxygens (including phenoxy) is 1. The van der Waals surface area contributed by atoms with Crippen LogP contribution >= 0.6 is 11.6 Å². The number of benzene rings is 1.